The Hall–Kier alpha value is -1.03. The third kappa shape index (κ3) is 3.79. The summed E-state index contributed by atoms with van der Waals surface area (Å²) in [5, 5.41) is 0.797. The van der Waals surface area contributed by atoms with Crippen LogP contribution in [0.5, 0.6) is 5.75 Å². The summed E-state index contributed by atoms with van der Waals surface area (Å²) >= 11 is 7.96. The Bertz CT molecular complexity index is 600. The fourth-order valence-corrected chi connectivity index (χ4v) is 3.39. The van der Waals surface area contributed by atoms with Crippen LogP contribution in [0.3, 0.4) is 0 Å². The molecular formula is C17H22ClNOS. The van der Waals surface area contributed by atoms with Gasteiger partial charge in [0.05, 0.1) is 0 Å². The number of thiophene rings is 1. The minimum Gasteiger partial charge on any atom is -0.483 e. The number of ether oxygens (including phenoxy) is 1. The van der Waals surface area contributed by atoms with Gasteiger partial charge in [-0.25, -0.2) is 0 Å². The largest absolute Gasteiger partial charge is 0.483 e. The fourth-order valence-electron chi connectivity index (χ4n) is 2.30. The zero-order valence-electron chi connectivity index (χ0n) is 12.9. The van der Waals surface area contributed by atoms with Crippen molar-refractivity contribution in [2.24, 2.45) is 5.73 Å². The lowest BCUT2D eigenvalue weighted by Crippen LogP contribution is -2.30. The molecule has 0 saturated carbocycles. The third-order valence-corrected chi connectivity index (χ3v) is 5.23. The first-order valence-electron chi connectivity index (χ1n) is 7.17. The molecule has 2 unspecified atom stereocenters. The molecule has 0 amide bonds. The number of benzene rings is 1. The van der Waals surface area contributed by atoms with Crippen molar-refractivity contribution in [1.82, 2.24) is 0 Å². The molecule has 2 atom stereocenters. The normalized spacial score (nSPS) is 14.0. The standard InChI is InChI=1S/C17H22ClNOS/c1-5-14(19)17(15-7-6-12(4)21-15)20-13-8-10(2)16(18)11(3)9-13/h6-9,14,17H,5,19H2,1-4H3. The highest BCUT2D eigenvalue weighted by molar-refractivity contribution is 7.12. The van der Waals surface area contributed by atoms with Gasteiger partial charge in [0.25, 0.3) is 0 Å². The van der Waals surface area contributed by atoms with Gasteiger partial charge in [-0.15, -0.1) is 11.3 Å². The number of halogens is 1. The molecule has 0 fully saturated rings. The van der Waals surface area contributed by atoms with Crippen molar-refractivity contribution in [3.05, 3.63) is 50.2 Å². The summed E-state index contributed by atoms with van der Waals surface area (Å²) in [6.07, 6.45) is 0.751. The first kappa shape index (κ1) is 16.3. The molecule has 2 rings (SSSR count). The van der Waals surface area contributed by atoms with Gasteiger partial charge in [-0.2, -0.15) is 0 Å². The second kappa shape index (κ2) is 6.82. The number of rotatable bonds is 5. The van der Waals surface area contributed by atoms with E-state index in [4.69, 9.17) is 22.1 Å². The van der Waals surface area contributed by atoms with E-state index in [1.165, 1.54) is 9.75 Å². The lowest BCUT2D eigenvalue weighted by atomic mass is 10.1. The van der Waals surface area contributed by atoms with Crippen LogP contribution in [0.15, 0.2) is 24.3 Å². The summed E-state index contributed by atoms with van der Waals surface area (Å²) in [5.74, 6) is 0.828. The molecule has 0 bridgehead atoms. The van der Waals surface area contributed by atoms with E-state index in [-0.39, 0.29) is 12.1 Å². The van der Waals surface area contributed by atoms with Gasteiger partial charge in [0, 0.05) is 20.8 Å². The molecule has 0 aliphatic heterocycles. The summed E-state index contributed by atoms with van der Waals surface area (Å²) in [6.45, 7) is 8.16. The van der Waals surface area contributed by atoms with E-state index in [0.29, 0.717) is 0 Å². The fraction of sp³-hybridized carbons (Fsp3) is 0.412. The van der Waals surface area contributed by atoms with E-state index in [2.05, 4.69) is 26.0 Å². The van der Waals surface area contributed by atoms with E-state index in [0.717, 1.165) is 28.3 Å². The molecule has 0 spiro atoms. The molecule has 2 N–H and O–H groups in total. The first-order valence-corrected chi connectivity index (χ1v) is 8.37. The molecule has 114 valence electrons. The predicted octanol–water partition coefficient (Wildman–Crippen LogP) is 5.18. The molecule has 1 aromatic carbocycles. The quantitative estimate of drug-likeness (QED) is 0.822. The molecule has 0 radical (unpaired) electrons. The van der Waals surface area contributed by atoms with Crippen LogP contribution in [0.25, 0.3) is 0 Å². The van der Waals surface area contributed by atoms with Crippen LogP contribution in [0, 0.1) is 20.8 Å². The highest BCUT2D eigenvalue weighted by Crippen LogP contribution is 2.33. The van der Waals surface area contributed by atoms with Gasteiger partial charge in [-0.1, -0.05) is 18.5 Å². The van der Waals surface area contributed by atoms with Gasteiger partial charge in [-0.3, -0.25) is 0 Å². The highest BCUT2D eigenvalue weighted by Gasteiger charge is 2.22. The molecule has 1 aromatic heterocycles. The molecule has 1 heterocycles. The maximum atomic E-state index is 6.27. The molecule has 2 nitrogen and oxygen atoms in total. The maximum absolute atomic E-state index is 6.27. The average molecular weight is 324 g/mol. The Kier molecular flexibility index (Phi) is 5.31. The maximum Gasteiger partial charge on any atom is 0.148 e. The first-order chi connectivity index (χ1) is 9.92. The molecule has 0 aliphatic rings. The smallest absolute Gasteiger partial charge is 0.148 e. The topological polar surface area (TPSA) is 35.2 Å². The van der Waals surface area contributed by atoms with Crippen molar-refractivity contribution < 1.29 is 4.74 Å². The lowest BCUT2D eigenvalue weighted by Gasteiger charge is -2.24. The zero-order valence-corrected chi connectivity index (χ0v) is 14.5. The number of nitrogens with two attached hydrogens (primary N) is 1. The summed E-state index contributed by atoms with van der Waals surface area (Å²) < 4.78 is 6.21. The predicted molar refractivity (Wildman–Crippen MR) is 91.6 cm³/mol. The number of hydrogen-bond acceptors (Lipinski definition) is 3. The van der Waals surface area contributed by atoms with Gasteiger partial charge in [0.1, 0.15) is 11.9 Å². The van der Waals surface area contributed by atoms with E-state index in [1.54, 1.807) is 11.3 Å². The van der Waals surface area contributed by atoms with Gasteiger partial charge in [-0.05, 0) is 62.6 Å². The molecule has 0 aliphatic carbocycles. The Morgan fingerprint density at radius 3 is 2.29 bits per heavy atom. The minimum atomic E-state index is -0.117. The highest BCUT2D eigenvalue weighted by atomic mass is 35.5. The summed E-state index contributed by atoms with van der Waals surface area (Å²) in [4.78, 5) is 2.44. The third-order valence-electron chi connectivity index (χ3n) is 3.57. The van der Waals surface area contributed by atoms with Gasteiger partial charge < -0.3 is 10.5 Å². The van der Waals surface area contributed by atoms with Crippen molar-refractivity contribution >= 4 is 22.9 Å². The SMILES string of the molecule is CCC(N)C(Oc1cc(C)c(Cl)c(C)c1)c1ccc(C)s1. The van der Waals surface area contributed by atoms with Crippen LogP contribution in [-0.4, -0.2) is 6.04 Å². The van der Waals surface area contributed by atoms with Crippen LogP contribution in [-0.2, 0) is 0 Å². The number of hydrogen-bond donors (Lipinski definition) is 1. The van der Waals surface area contributed by atoms with Gasteiger partial charge in [0.15, 0.2) is 0 Å². The zero-order chi connectivity index (χ0) is 15.6. The van der Waals surface area contributed by atoms with E-state index >= 15 is 0 Å². The van der Waals surface area contributed by atoms with E-state index in [1.807, 2.05) is 26.0 Å². The monoisotopic (exact) mass is 323 g/mol. The van der Waals surface area contributed by atoms with Crippen LogP contribution in [0.2, 0.25) is 5.02 Å². The summed E-state index contributed by atoms with van der Waals surface area (Å²) in [6, 6.07) is 8.14. The van der Waals surface area contributed by atoms with Crippen molar-refractivity contribution in [1.29, 1.82) is 0 Å². The van der Waals surface area contributed by atoms with Gasteiger partial charge in [0.2, 0.25) is 0 Å². The van der Waals surface area contributed by atoms with E-state index in [9.17, 15) is 0 Å². The summed E-state index contributed by atoms with van der Waals surface area (Å²) in [5.41, 5.74) is 8.32. The van der Waals surface area contributed by atoms with Crippen molar-refractivity contribution in [3.8, 4) is 5.75 Å². The Morgan fingerprint density at radius 1 is 1.19 bits per heavy atom. The second-order valence-electron chi connectivity index (χ2n) is 5.43. The Labute approximate surface area is 135 Å². The van der Waals surface area contributed by atoms with Crippen LogP contribution in [0.4, 0.5) is 0 Å². The second-order valence-corrected chi connectivity index (χ2v) is 7.13. The molecular weight excluding hydrogens is 302 g/mol. The van der Waals surface area contributed by atoms with E-state index < -0.39 is 0 Å². The molecule has 0 saturated heterocycles. The van der Waals surface area contributed by atoms with Crippen LogP contribution >= 0.6 is 22.9 Å². The Balaban J connectivity index is 2.31. The number of aryl methyl sites for hydroxylation is 3. The minimum absolute atomic E-state index is 0.0284. The summed E-state index contributed by atoms with van der Waals surface area (Å²) in [7, 11) is 0. The average Bonchev–Trinajstić information content (AvgIpc) is 2.87. The van der Waals surface area contributed by atoms with Crippen LogP contribution in [0.1, 0.15) is 40.3 Å². The molecule has 21 heavy (non-hydrogen) atoms. The van der Waals surface area contributed by atoms with Crippen molar-refractivity contribution in [3.63, 3.8) is 0 Å². The molecule has 4 heteroatoms. The lowest BCUT2D eigenvalue weighted by molar-refractivity contribution is 0.174. The van der Waals surface area contributed by atoms with Gasteiger partial charge >= 0.3 is 0 Å². The van der Waals surface area contributed by atoms with Crippen molar-refractivity contribution in [2.75, 3.05) is 0 Å². The van der Waals surface area contributed by atoms with Crippen LogP contribution < -0.4 is 10.5 Å². The van der Waals surface area contributed by atoms with Crippen molar-refractivity contribution in [2.45, 2.75) is 46.3 Å². The Morgan fingerprint density at radius 2 is 1.81 bits per heavy atom. The molecule has 2 aromatic rings.